The van der Waals surface area contributed by atoms with Crippen LogP contribution in [0.3, 0.4) is 0 Å². The van der Waals surface area contributed by atoms with Gasteiger partial charge in [0.15, 0.2) is 0 Å². The lowest BCUT2D eigenvalue weighted by Gasteiger charge is -2.07. The van der Waals surface area contributed by atoms with E-state index in [-0.39, 0.29) is 0 Å². The second-order valence-corrected chi connectivity index (χ2v) is 10.6. The number of unbranched alkanes of at least 4 members (excludes halogenated alkanes) is 19. The van der Waals surface area contributed by atoms with E-state index in [0.717, 1.165) is 0 Å². The lowest BCUT2D eigenvalue weighted by molar-refractivity contribution is -0.704. The first-order valence-corrected chi connectivity index (χ1v) is 15.4. The van der Waals surface area contributed by atoms with Gasteiger partial charge in [0.2, 0.25) is 0 Å². The molecule has 0 unspecified atom stereocenters. The molecule has 33 heavy (non-hydrogen) atoms. The van der Waals surface area contributed by atoms with Gasteiger partial charge in [-0.2, -0.15) is 0 Å². The molecule has 0 radical (unpaired) electrons. The average molecular weight is 462 g/mol. The molecule has 0 atom stereocenters. The van der Waals surface area contributed by atoms with Crippen LogP contribution in [0.25, 0.3) is 0 Å². The van der Waals surface area contributed by atoms with Crippen LogP contribution in [0.4, 0.5) is 0 Å². The molecular formula is C31H61N2+. The Morgan fingerprint density at radius 1 is 0.515 bits per heavy atom. The minimum absolute atomic E-state index is 1.22. The van der Waals surface area contributed by atoms with Crippen LogP contribution in [-0.2, 0) is 19.5 Å². The van der Waals surface area contributed by atoms with Gasteiger partial charge in [-0.05, 0) is 32.1 Å². The van der Waals surface area contributed by atoms with E-state index in [2.05, 4.69) is 42.3 Å². The number of imidazole rings is 1. The highest BCUT2D eigenvalue weighted by Crippen LogP contribution is 2.13. The molecule has 0 aliphatic heterocycles. The number of aromatic nitrogens is 2. The SMILES string of the molecule is CCCCCCCCCCCc1n(CCCCCCCCCCC)cc[n+]1CCCCCC. The van der Waals surface area contributed by atoms with Crippen molar-refractivity contribution in [1.29, 1.82) is 0 Å². The van der Waals surface area contributed by atoms with Crippen LogP contribution < -0.4 is 4.57 Å². The van der Waals surface area contributed by atoms with E-state index in [4.69, 9.17) is 0 Å². The summed E-state index contributed by atoms with van der Waals surface area (Å²) in [5.74, 6) is 1.61. The van der Waals surface area contributed by atoms with Gasteiger partial charge in [0, 0.05) is 6.42 Å². The van der Waals surface area contributed by atoms with Gasteiger partial charge in [-0.15, -0.1) is 0 Å². The predicted molar refractivity (Wildman–Crippen MR) is 147 cm³/mol. The molecule has 0 aliphatic rings. The Labute approximate surface area is 208 Å². The molecule has 0 aromatic carbocycles. The summed E-state index contributed by atoms with van der Waals surface area (Å²) in [6.45, 7) is 9.37. The smallest absolute Gasteiger partial charge is 0.234 e. The van der Waals surface area contributed by atoms with E-state index >= 15 is 0 Å². The highest BCUT2D eigenvalue weighted by atomic mass is 15.1. The van der Waals surface area contributed by atoms with Crippen LogP contribution in [-0.4, -0.2) is 4.57 Å². The summed E-state index contributed by atoms with van der Waals surface area (Å²) in [5, 5.41) is 0. The van der Waals surface area contributed by atoms with Crippen molar-refractivity contribution in [3.05, 3.63) is 18.2 Å². The molecule has 1 aromatic heterocycles. The zero-order chi connectivity index (χ0) is 23.8. The maximum absolute atomic E-state index is 2.60. The zero-order valence-electron chi connectivity index (χ0n) is 23.2. The van der Waals surface area contributed by atoms with E-state index < -0.39 is 0 Å². The van der Waals surface area contributed by atoms with Gasteiger partial charge in [0.25, 0.3) is 5.82 Å². The van der Waals surface area contributed by atoms with E-state index in [9.17, 15) is 0 Å². The van der Waals surface area contributed by atoms with Crippen molar-refractivity contribution in [3.63, 3.8) is 0 Å². The maximum Gasteiger partial charge on any atom is 0.256 e. The standard InChI is InChI=1S/C31H61N2/c1-4-7-10-13-15-17-19-21-23-26-31-32(27-24-12-9-6-3)29-30-33(31)28-25-22-20-18-16-14-11-8-5-2/h29-30H,4-28H2,1-3H3/q+1. The summed E-state index contributed by atoms with van der Waals surface area (Å²) in [5.41, 5.74) is 0. The Hall–Kier alpha value is -0.790. The Bertz CT molecular complexity index is 519. The Kier molecular flexibility index (Phi) is 21.1. The molecular weight excluding hydrogens is 400 g/mol. The number of nitrogens with zero attached hydrogens (tertiary/aromatic N) is 2. The quantitative estimate of drug-likeness (QED) is 0.101. The van der Waals surface area contributed by atoms with Crippen molar-refractivity contribution < 1.29 is 4.57 Å². The number of aryl methyl sites for hydroxylation is 2. The summed E-state index contributed by atoms with van der Waals surface area (Å²) < 4.78 is 5.19. The van der Waals surface area contributed by atoms with E-state index in [1.165, 1.54) is 161 Å². The Morgan fingerprint density at radius 3 is 1.45 bits per heavy atom. The van der Waals surface area contributed by atoms with Crippen LogP contribution in [0.1, 0.15) is 168 Å². The Balaban J connectivity index is 2.32. The van der Waals surface area contributed by atoms with Gasteiger partial charge in [0.1, 0.15) is 12.4 Å². The first kappa shape index (κ1) is 30.2. The highest BCUT2D eigenvalue weighted by Gasteiger charge is 2.16. The van der Waals surface area contributed by atoms with Gasteiger partial charge in [-0.25, -0.2) is 9.13 Å². The third-order valence-corrected chi connectivity index (χ3v) is 7.35. The van der Waals surface area contributed by atoms with Crippen molar-refractivity contribution in [2.45, 2.75) is 182 Å². The number of hydrogen-bond donors (Lipinski definition) is 0. The minimum atomic E-state index is 1.22. The average Bonchev–Trinajstić information content (AvgIpc) is 3.21. The van der Waals surface area contributed by atoms with Crippen molar-refractivity contribution in [2.24, 2.45) is 0 Å². The summed E-state index contributed by atoms with van der Waals surface area (Å²) >= 11 is 0. The van der Waals surface area contributed by atoms with Crippen LogP contribution >= 0.6 is 0 Å². The second kappa shape index (κ2) is 23.0. The molecule has 0 bridgehead atoms. The summed E-state index contributed by atoms with van der Waals surface area (Å²) in [4.78, 5) is 0. The van der Waals surface area contributed by atoms with Gasteiger partial charge >= 0.3 is 0 Å². The lowest BCUT2D eigenvalue weighted by Crippen LogP contribution is -2.37. The van der Waals surface area contributed by atoms with E-state index in [1.54, 1.807) is 5.82 Å². The molecule has 0 aliphatic carbocycles. The molecule has 0 saturated heterocycles. The van der Waals surface area contributed by atoms with Crippen molar-refractivity contribution >= 4 is 0 Å². The fourth-order valence-electron chi connectivity index (χ4n) is 5.09. The normalized spacial score (nSPS) is 11.5. The maximum atomic E-state index is 2.60. The summed E-state index contributed by atoms with van der Waals surface area (Å²) in [6.07, 6.45) is 37.0. The third kappa shape index (κ3) is 16.5. The molecule has 0 fully saturated rings. The molecule has 0 N–H and O–H groups in total. The zero-order valence-corrected chi connectivity index (χ0v) is 23.2. The largest absolute Gasteiger partial charge is 0.256 e. The summed E-state index contributed by atoms with van der Waals surface area (Å²) in [7, 11) is 0. The van der Waals surface area contributed by atoms with Crippen molar-refractivity contribution in [2.75, 3.05) is 0 Å². The molecule has 2 heteroatoms. The minimum Gasteiger partial charge on any atom is -0.234 e. The van der Waals surface area contributed by atoms with Crippen LogP contribution in [0.2, 0.25) is 0 Å². The van der Waals surface area contributed by atoms with Crippen molar-refractivity contribution in [1.82, 2.24) is 4.57 Å². The predicted octanol–water partition coefficient (Wildman–Crippen LogP) is 9.96. The van der Waals surface area contributed by atoms with Gasteiger partial charge in [-0.1, -0.05) is 130 Å². The lowest BCUT2D eigenvalue weighted by atomic mass is 10.1. The van der Waals surface area contributed by atoms with E-state index in [1.807, 2.05) is 0 Å². The molecule has 194 valence electrons. The molecule has 0 spiro atoms. The second-order valence-electron chi connectivity index (χ2n) is 10.6. The topological polar surface area (TPSA) is 8.81 Å². The monoisotopic (exact) mass is 461 g/mol. The first-order chi connectivity index (χ1) is 16.3. The molecule has 1 aromatic rings. The third-order valence-electron chi connectivity index (χ3n) is 7.35. The first-order valence-electron chi connectivity index (χ1n) is 15.4. The summed E-state index contributed by atoms with van der Waals surface area (Å²) in [6, 6.07) is 0. The van der Waals surface area contributed by atoms with Gasteiger partial charge in [-0.3, -0.25) is 0 Å². The van der Waals surface area contributed by atoms with Crippen LogP contribution in [0.15, 0.2) is 12.4 Å². The van der Waals surface area contributed by atoms with Gasteiger partial charge < -0.3 is 0 Å². The van der Waals surface area contributed by atoms with E-state index in [0.29, 0.717) is 0 Å². The van der Waals surface area contributed by atoms with Crippen LogP contribution in [0.5, 0.6) is 0 Å². The number of hydrogen-bond acceptors (Lipinski definition) is 0. The molecule has 1 rings (SSSR count). The fraction of sp³-hybridized carbons (Fsp3) is 0.903. The molecule has 0 saturated carbocycles. The molecule has 1 heterocycles. The fourth-order valence-corrected chi connectivity index (χ4v) is 5.09. The van der Waals surface area contributed by atoms with Crippen molar-refractivity contribution in [3.8, 4) is 0 Å². The molecule has 0 amide bonds. The Morgan fingerprint density at radius 2 is 0.939 bits per heavy atom. The van der Waals surface area contributed by atoms with Crippen LogP contribution in [0, 0.1) is 0 Å². The molecule has 2 nitrogen and oxygen atoms in total. The highest BCUT2D eigenvalue weighted by molar-refractivity contribution is 4.84. The number of rotatable bonds is 25. The van der Waals surface area contributed by atoms with Gasteiger partial charge in [0.05, 0.1) is 13.1 Å².